The molecule has 0 radical (unpaired) electrons. The Morgan fingerprint density at radius 3 is 2.72 bits per heavy atom. The van der Waals surface area contributed by atoms with E-state index in [1.165, 1.54) is 27.1 Å². The molecule has 130 valence electrons. The lowest BCUT2D eigenvalue weighted by Gasteiger charge is -2.08. The van der Waals surface area contributed by atoms with Crippen molar-refractivity contribution in [3.05, 3.63) is 40.5 Å². The largest absolute Gasteiger partial charge is 0.370 e. The SMILES string of the molecule is Cc1ccc(-c2c(C)sc3ncnc(SCCCC(N)=O)c23)cc1C. The van der Waals surface area contributed by atoms with E-state index in [0.717, 1.165) is 27.4 Å². The zero-order valence-corrected chi connectivity index (χ0v) is 16.3. The molecule has 6 heteroatoms. The Balaban J connectivity index is 2.01. The van der Waals surface area contributed by atoms with Crippen molar-refractivity contribution in [2.24, 2.45) is 5.73 Å². The summed E-state index contributed by atoms with van der Waals surface area (Å²) in [6.45, 7) is 6.40. The summed E-state index contributed by atoms with van der Waals surface area (Å²) >= 11 is 3.37. The van der Waals surface area contributed by atoms with Gasteiger partial charge in [-0.25, -0.2) is 9.97 Å². The first kappa shape index (κ1) is 17.9. The summed E-state index contributed by atoms with van der Waals surface area (Å²) in [6.07, 6.45) is 2.79. The van der Waals surface area contributed by atoms with Crippen molar-refractivity contribution in [2.75, 3.05) is 5.75 Å². The molecule has 25 heavy (non-hydrogen) atoms. The minimum absolute atomic E-state index is 0.254. The van der Waals surface area contributed by atoms with Gasteiger partial charge in [0.05, 0.1) is 5.39 Å². The second-order valence-electron chi connectivity index (χ2n) is 6.11. The van der Waals surface area contributed by atoms with Gasteiger partial charge in [-0.05, 0) is 43.9 Å². The van der Waals surface area contributed by atoms with E-state index in [4.69, 9.17) is 5.73 Å². The number of thiophene rings is 1. The van der Waals surface area contributed by atoms with E-state index >= 15 is 0 Å². The van der Waals surface area contributed by atoms with E-state index < -0.39 is 0 Å². The number of nitrogens with zero attached hydrogens (tertiary/aromatic N) is 2. The third-order valence-electron chi connectivity index (χ3n) is 4.23. The quantitative estimate of drug-likeness (QED) is 0.389. The van der Waals surface area contributed by atoms with Crippen molar-refractivity contribution >= 4 is 39.2 Å². The van der Waals surface area contributed by atoms with Gasteiger partial charge in [-0.15, -0.1) is 23.1 Å². The minimum atomic E-state index is -0.254. The fraction of sp³-hybridized carbons (Fsp3) is 0.316. The molecule has 2 aromatic heterocycles. The van der Waals surface area contributed by atoms with Gasteiger partial charge < -0.3 is 5.73 Å². The number of amides is 1. The molecule has 0 aliphatic rings. The molecule has 4 nitrogen and oxygen atoms in total. The van der Waals surface area contributed by atoms with Crippen LogP contribution in [0.1, 0.15) is 28.8 Å². The van der Waals surface area contributed by atoms with Gasteiger partial charge in [0.2, 0.25) is 5.91 Å². The summed E-state index contributed by atoms with van der Waals surface area (Å²) < 4.78 is 0. The van der Waals surface area contributed by atoms with Gasteiger partial charge in [-0.3, -0.25) is 4.79 Å². The molecule has 0 spiro atoms. The van der Waals surface area contributed by atoms with Crippen LogP contribution < -0.4 is 5.73 Å². The van der Waals surface area contributed by atoms with Crippen molar-refractivity contribution in [3.63, 3.8) is 0 Å². The molecule has 0 bridgehead atoms. The van der Waals surface area contributed by atoms with E-state index in [9.17, 15) is 4.79 Å². The highest BCUT2D eigenvalue weighted by Crippen LogP contribution is 2.41. The fourth-order valence-corrected chi connectivity index (χ4v) is 4.81. The normalized spacial score (nSPS) is 11.2. The minimum Gasteiger partial charge on any atom is -0.370 e. The Hall–Kier alpha value is -1.92. The van der Waals surface area contributed by atoms with Crippen LogP contribution in [0.3, 0.4) is 0 Å². The van der Waals surface area contributed by atoms with E-state index in [1.54, 1.807) is 29.4 Å². The number of rotatable bonds is 6. The van der Waals surface area contributed by atoms with Gasteiger partial charge >= 0.3 is 0 Å². The van der Waals surface area contributed by atoms with Crippen molar-refractivity contribution in [2.45, 2.75) is 38.6 Å². The van der Waals surface area contributed by atoms with Crippen LogP contribution in [-0.2, 0) is 4.79 Å². The predicted molar refractivity (Wildman–Crippen MR) is 106 cm³/mol. The smallest absolute Gasteiger partial charge is 0.217 e. The molecule has 0 aliphatic heterocycles. The summed E-state index contributed by atoms with van der Waals surface area (Å²) in [5.41, 5.74) is 10.2. The second-order valence-corrected chi connectivity index (χ2v) is 8.40. The standard InChI is InChI=1S/C19H21N3OS2/c1-11-6-7-14(9-12(11)2)16-13(3)25-19-17(16)18(21-10-22-19)24-8-4-5-15(20)23/h6-7,9-10H,4-5,8H2,1-3H3,(H2,20,23). The molecule has 2 heterocycles. The molecular weight excluding hydrogens is 350 g/mol. The van der Waals surface area contributed by atoms with Gasteiger partial charge in [0.25, 0.3) is 0 Å². The first-order valence-electron chi connectivity index (χ1n) is 8.20. The van der Waals surface area contributed by atoms with Crippen LogP contribution >= 0.6 is 23.1 Å². The highest BCUT2D eigenvalue weighted by molar-refractivity contribution is 7.99. The van der Waals surface area contributed by atoms with Gasteiger partial charge in [-0.2, -0.15) is 0 Å². The number of aromatic nitrogens is 2. The maximum atomic E-state index is 10.9. The van der Waals surface area contributed by atoms with E-state index in [0.29, 0.717) is 6.42 Å². The summed E-state index contributed by atoms with van der Waals surface area (Å²) in [6, 6.07) is 6.57. The van der Waals surface area contributed by atoms with Crippen LogP contribution in [0, 0.1) is 20.8 Å². The number of benzene rings is 1. The molecule has 0 aliphatic carbocycles. The Labute approximate surface area is 155 Å². The van der Waals surface area contributed by atoms with Crippen LogP contribution in [0.5, 0.6) is 0 Å². The zero-order valence-electron chi connectivity index (χ0n) is 14.6. The molecule has 0 saturated carbocycles. The van der Waals surface area contributed by atoms with Gasteiger partial charge in [-0.1, -0.05) is 18.2 Å². The van der Waals surface area contributed by atoms with Gasteiger partial charge in [0.1, 0.15) is 16.2 Å². The van der Waals surface area contributed by atoms with Crippen LogP contribution in [0.4, 0.5) is 0 Å². The number of nitrogens with two attached hydrogens (primary N) is 1. The predicted octanol–water partition coefficient (Wildman–Crippen LogP) is 4.64. The number of thioether (sulfide) groups is 1. The number of aryl methyl sites for hydroxylation is 3. The van der Waals surface area contributed by atoms with E-state index in [1.807, 2.05) is 0 Å². The molecule has 0 unspecified atom stereocenters. The maximum Gasteiger partial charge on any atom is 0.217 e. The zero-order chi connectivity index (χ0) is 18.0. The Bertz CT molecular complexity index is 934. The number of fused-ring (bicyclic) bond motifs is 1. The second kappa shape index (κ2) is 7.54. The summed E-state index contributed by atoms with van der Waals surface area (Å²) in [5.74, 6) is 0.562. The maximum absolute atomic E-state index is 10.9. The number of hydrogen-bond acceptors (Lipinski definition) is 5. The van der Waals surface area contributed by atoms with Crippen molar-refractivity contribution in [1.82, 2.24) is 9.97 Å². The Kier molecular flexibility index (Phi) is 5.39. The van der Waals surface area contributed by atoms with Gasteiger partial charge in [0, 0.05) is 22.6 Å². The topological polar surface area (TPSA) is 68.9 Å². The van der Waals surface area contributed by atoms with Crippen LogP contribution in [-0.4, -0.2) is 21.6 Å². The van der Waals surface area contributed by atoms with Crippen molar-refractivity contribution < 1.29 is 4.79 Å². The number of carbonyl (C=O) groups is 1. The highest BCUT2D eigenvalue weighted by atomic mass is 32.2. The van der Waals surface area contributed by atoms with E-state index in [2.05, 4.69) is 48.9 Å². The first-order chi connectivity index (χ1) is 12.0. The number of primary amides is 1. The lowest BCUT2D eigenvalue weighted by Crippen LogP contribution is -2.10. The molecule has 2 N–H and O–H groups in total. The van der Waals surface area contributed by atoms with Crippen molar-refractivity contribution in [3.8, 4) is 11.1 Å². The summed E-state index contributed by atoms with van der Waals surface area (Å²) in [4.78, 5) is 22.1. The fourth-order valence-electron chi connectivity index (χ4n) is 2.79. The lowest BCUT2D eigenvalue weighted by atomic mass is 9.99. The average molecular weight is 372 g/mol. The highest BCUT2D eigenvalue weighted by Gasteiger charge is 2.17. The monoisotopic (exact) mass is 371 g/mol. The molecule has 0 atom stereocenters. The van der Waals surface area contributed by atoms with Crippen LogP contribution in [0.25, 0.3) is 21.3 Å². The average Bonchev–Trinajstić information content (AvgIpc) is 2.90. The summed E-state index contributed by atoms with van der Waals surface area (Å²) in [5, 5.41) is 2.10. The van der Waals surface area contributed by atoms with Crippen LogP contribution in [0.2, 0.25) is 0 Å². The Morgan fingerprint density at radius 2 is 2.00 bits per heavy atom. The number of carbonyl (C=O) groups excluding carboxylic acids is 1. The third-order valence-corrected chi connectivity index (χ3v) is 6.32. The number of hydrogen-bond donors (Lipinski definition) is 1. The molecule has 1 amide bonds. The van der Waals surface area contributed by atoms with Gasteiger partial charge in [0.15, 0.2) is 0 Å². The molecule has 3 rings (SSSR count). The Morgan fingerprint density at radius 1 is 1.20 bits per heavy atom. The van der Waals surface area contributed by atoms with E-state index in [-0.39, 0.29) is 5.91 Å². The lowest BCUT2D eigenvalue weighted by molar-refractivity contribution is -0.118. The van der Waals surface area contributed by atoms with Crippen molar-refractivity contribution in [1.29, 1.82) is 0 Å². The summed E-state index contributed by atoms with van der Waals surface area (Å²) in [7, 11) is 0. The van der Waals surface area contributed by atoms with Crippen LogP contribution in [0.15, 0.2) is 29.6 Å². The molecule has 0 saturated heterocycles. The molecule has 0 fully saturated rings. The molecule has 3 aromatic rings. The first-order valence-corrected chi connectivity index (χ1v) is 10.0. The molecule has 1 aromatic carbocycles. The molecular formula is C19H21N3OS2. The third kappa shape index (κ3) is 3.85.